The van der Waals surface area contributed by atoms with Gasteiger partial charge in [0.15, 0.2) is 0 Å². The first-order chi connectivity index (χ1) is 9.47. The molecule has 5 nitrogen and oxygen atoms in total. The van der Waals surface area contributed by atoms with E-state index in [1.54, 1.807) is 27.7 Å². The largest absolute Gasteiger partial charge is 0.463 e. The van der Waals surface area contributed by atoms with Gasteiger partial charge in [-0.1, -0.05) is 0 Å². The molecule has 0 fully saturated rings. The van der Waals surface area contributed by atoms with Crippen molar-refractivity contribution in [3.63, 3.8) is 0 Å². The van der Waals surface area contributed by atoms with Gasteiger partial charge in [0.1, 0.15) is 0 Å². The van der Waals surface area contributed by atoms with Crippen LogP contribution in [0.3, 0.4) is 0 Å². The molecular weight excluding hydrogens is 282 g/mol. The number of halogens is 1. The number of esters is 2. The number of hydrogen-bond donors (Lipinski definition) is 1. The highest BCUT2D eigenvalue weighted by molar-refractivity contribution is 6.19. The number of nitrogens with one attached hydrogen (secondary N) is 1. The van der Waals surface area contributed by atoms with Gasteiger partial charge in [-0.25, -0.2) is 9.59 Å². The first-order valence-electron chi connectivity index (χ1n) is 6.56. The summed E-state index contributed by atoms with van der Waals surface area (Å²) in [6, 6.07) is 0. The monoisotopic (exact) mass is 301 g/mol. The van der Waals surface area contributed by atoms with Crippen LogP contribution in [0.25, 0.3) is 0 Å². The van der Waals surface area contributed by atoms with E-state index in [1.165, 1.54) is 0 Å². The number of carbonyl (C=O) groups excluding carboxylic acids is 2. The summed E-state index contributed by atoms with van der Waals surface area (Å²) in [6.07, 6.45) is 0. The number of ether oxygens (including phenoxy) is 2. The van der Waals surface area contributed by atoms with E-state index in [4.69, 9.17) is 21.1 Å². The molecule has 1 N–H and O–H groups in total. The van der Waals surface area contributed by atoms with Crippen molar-refractivity contribution in [2.45, 2.75) is 27.7 Å². The van der Waals surface area contributed by atoms with Crippen molar-refractivity contribution in [1.82, 2.24) is 5.32 Å². The molecule has 0 aromatic carbocycles. The van der Waals surface area contributed by atoms with Gasteiger partial charge >= 0.3 is 11.9 Å². The van der Waals surface area contributed by atoms with Gasteiger partial charge in [-0.05, 0) is 27.7 Å². The predicted molar refractivity (Wildman–Crippen MR) is 76.0 cm³/mol. The van der Waals surface area contributed by atoms with Crippen LogP contribution in [0.5, 0.6) is 0 Å². The predicted octanol–water partition coefficient (Wildman–Crippen LogP) is 2.12. The van der Waals surface area contributed by atoms with Gasteiger partial charge in [-0.2, -0.15) is 0 Å². The lowest BCUT2D eigenvalue weighted by Crippen LogP contribution is -2.34. The van der Waals surface area contributed by atoms with Crippen LogP contribution < -0.4 is 5.32 Å². The molecule has 0 bridgehead atoms. The average molecular weight is 302 g/mol. The molecule has 0 spiro atoms. The molecule has 0 aromatic rings. The van der Waals surface area contributed by atoms with Crippen LogP contribution in [0.2, 0.25) is 0 Å². The van der Waals surface area contributed by atoms with E-state index < -0.39 is 17.9 Å². The van der Waals surface area contributed by atoms with Crippen LogP contribution in [0.15, 0.2) is 22.5 Å². The number of dihydropyridines is 1. The van der Waals surface area contributed by atoms with Gasteiger partial charge in [-0.15, -0.1) is 11.6 Å². The fourth-order valence-corrected chi connectivity index (χ4v) is 2.55. The second-order valence-electron chi connectivity index (χ2n) is 4.35. The Morgan fingerprint density at radius 2 is 1.45 bits per heavy atom. The smallest absolute Gasteiger partial charge is 0.336 e. The number of carbonyl (C=O) groups is 2. The highest BCUT2D eigenvalue weighted by atomic mass is 35.5. The van der Waals surface area contributed by atoms with E-state index in [1.807, 2.05) is 0 Å². The third-order valence-electron chi connectivity index (χ3n) is 3.02. The van der Waals surface area contributed by atoms with Gasteiger partial charge < -0.3 is 14.8 Å². The number of alkyl halides is 1. The molecule has 6 heteroatoms. The molecule has 0 aliphatic carbocycles. The Kier molecular flexibility index (Phi) is 6.07. The molecule has 0 radical (unpaired) electrons. The van der Waals surface area contributed by atoms with Crippen LogP contribution in [0.1, 0.15) is 27.7 Å². The molecule has 1 aliphatic rings. The van der Waals surface area contributed by atoms with E-state index in [0.29, 0.717) is 22.5 Å². The highest BCUT2D eigenvalue weighted by Crippen LogP contribution is 2.32. The maximum Gasteiger partial charge on any atom is 0.336 e. The second kappa shape index (κ2) is 7.33. The maximum absolute atomic E-state index is 12.1. The van der Waals surface area contributed by atoms with Crippen molar-refractivity contribution >= 4 is 23.5 Å². The Bertz CT molecular complexity index is 428. The van der Waals surface area contributed by atoms with Gasteiger partial charge in [0.05, 0.1) is 24.4 Å². The Balaban J connectivity index is 3.18. The minimum atomic E-state index is -0.518. The van der Waals surface area contributed by atoms with Crippen molar-refractivity contribution < 1.29 is 19.1 Å². The molecule has 0 saturated carbocycles. The Morgan fingerprint density at radius 3 is 1.75 bits per heavy atom. The zero-order valence-electron chi connectivity index (χ0n) is 12.2. The SMILES string of the molecule is CCOC(=O)C1=C(C)NC(C)=C(C(=O)OCC)C1CCl. The molecule has 1 heterocycles. The minimum Gasteiger partial charge on any atom is -0.463 e. The summed E-state index contributed by atoms with van der Waals surface area (Å²) in [5.41, 5.74) is 2.07. The van der Waals surface area contributed by atoms with Crippen LogP contribution >= 0.6 is 11.6 Å². The standard InChI is InChI=1S/C14H20ClNO4/c1-5-19-13(17)11-8(3)16-9(4)12(10(11)7-15)14(18)20-6-2/h10,16H,5-7H2,1-4H3. The zero-order chi connectivity index (χ0) is 15.3. The molecule has 20 heavy (non-hydrogen) atoms. The third kappa shape index (κ3) is 3.33. The normalized spacial score (nSPS) is 16.1. The average Bonchev–Trinajstić information content (AvgIpc) is 2.37. The van der Waals surface area contributed by atoms with Gasteiger partial charge in [0.2, 0.25) is 0 Å². The molecular formula is C14H20ClNO4. The zero-order valence-corrected chi connectivity index (χ0v) is 13.0. The molecule has 1 rings (SSSR count). The lowest BCUT2D eigenvalue weighted by Gasteiger charge is -2.28. The van der Waals surface area contributed by atoms with Crippen LogP contribution in [-0.4, -0.2) is 31.0 Å². The van der Waals surface area contributed by atoms with Crippen molar-refractivity contribution in [3.05, 3.63) is 22.5 Å². The summed E-state index contributed by atoms with van der Waals surface area (Å²) in [6.45, 7) is 7.51. The van der Waals surface area contributed by atoms with Gasteiger partial charge in [0, 0.05) is 23.2 Å². The van der Waals surface area contributed by atoms with E-state index >= 15 is 0 Å². The molecule has 0 amide bonds. The molecule has 0 aromatic heterocycles. The summed E-state index contributed by atoms with van der Waals surface area (Å²) < 4.78 is 10.1. The van der Waals surface area contributed by atoms with E-state index in [2.05, 4.69) is 5.32 Å². The topological polar surface area (TPSA) is 64.6 Å². The third-order valence-corrected chi connectivity index (χ3v) is 3.33. The van der Waals surface area contributed by atoms with E-state index in [9.17, 15) is 9.59 Å². The number of allylic oxidation sites excluding steroid dienone is 2. The Hall–Kier alpha value is -1.49. The lowest BCUT2D eigenvalue weighted by molar-refractivity contribution is -0.140. The van der Waals surface area contributed by atoms with Crippen LogP contribution in [-0.2, 0) is 19.1 Å². The molecule has 0 unspecified atom stereocenters. The maximum atomic E-state index is 12.1. The summed E-state index contributed by atoms with van der Waals surface area (Å²) in [5.74, 6) is -1.33. The molecule has 1 aliphatic heterocycles. The summed E-state index contributed by atoms with van der Waals surface area (Å²) in [7, 11) is 0. The summed E-state index contributed by atoms with van der Waals surface area (Å²) >= 11 is 5.98. The van der Waals surface area contributed by atoms with E-state index in [0.717, 1.165) is 0 Å². The first-order valence-corrected chi connectivity index (χ1v) is 7.10. The fraction of sp³-hybridized carbons (Fsp3) is 0.571. The number of hydrogen-bond acceptors (Lipinski definition) is 5. The van der Waals surface area contributed by atoms with Crippen molar-refractivity contribution in [3.8, 4) is 0 Å². The van der Waals surface area contributed by atoms with Crippen molar-refractivity contribution in [1.29, 1.82) is 0 Å². The highest BCUT2D eigenvalue weighted by Gasteiger charge is 2.36. The van der Waals surface area contributed by atoms with E-state index in [-0.39, 0.29) is 19.1 Å². The van der Waals surface area contributed by atoms with Gasteiger partial charge in [-0.3, -0.25) is 0 Å². The lowest BCUT2D eigenvalue weighted by atomic mass is 9.87. The van der Waals surface area contributed by atoms with Crippen LogP contribution in [0, 0.1) is 5.92 Å². The Labute approximate surface area is 124 Å². The molecule has 112 valence electrons. The second-order valence-corrected chi connectivity index (χ2v) is 4.66. The molecule has 0 atom stereocenters. The quantitative estimate of drug-likeness (QED) is 0.622. The molecule has 0 saturated heterocycles. The first kappa shape index (κ1) is 16.6. The summed E-state index contributed by atoms with van der Waals surface area (Å²) in [5, 5.41) is 3.02. The Morgan fingerprint density at radius 1 is 1.05 bits per heavy atom. The summed E-state index contributed by atoms with van der Waals surface area (Å²) in [4.78, 5) is 24.1. The van der Waals surface area contributed by atoms with Crippen molar-refractivity contribution in [2.75, 3.05) is 19.1 Å². The fourth-order valence-electron chi connectivity index (χ4n) is 2.25. The number of rotatable bonds is 5. The van der Waals surface area contributed by atoms with Gasteiger partial charge in [0.25, 0.3) is 0 Å². The minimum absolute atomic E-state index is 0.110. The van der Waals surface area contributed by atoms with Crippen LogP contribution in [0.4, 0.5) is 0 Å². The van der Waals surface area contributed by atoms with Crippen molar-refractivity contribution in [2.24, 2.45) is 5.92 Å².